The van der Waals surface area contributed by atoms with Gasteiger partial charge in [0.25, 0.3) is 11.6 Å². The van der Waals surface area contributed by atoms with Gasteiger partial charge in [-0.15, -0.1) is 11.8 Å². The number of benzene rings is 2. The number of nitro benzene ring substituents is 1. The van der Waals surface area contributed by atoms with Gasteiger partial charge < -0.3 is 9.80 Å². The molecule has 8 heteroatoms. The maximum Gasteiger partial charge on any atom is 0.292 e. The van der Waals surface area contributed by atoms with Crippen molar-refractivity contribution in [1.82, 2.24) is 4.90 Å². The number of hydrogen-bond acceptors (Lipinski definition) is 5. The Morgan fingerprint density at radius 2 is 1.85 bits per heavy atom. The molecule has 0 spiro atoms. The average Bonchev–Trinajstić information content (AvgIpc) is 2.68. The number of carbonyl (C=O) groups excluding carboxylic acids is 1. The summed E-state index contributed by atoms with van der Waals surface area (Å²) < 4.78 is 0. The normalized spacial score (nSPS) is 14.4. The highest BCUT2D eigenvalue weighted by molar-refractivity contribution is 7.98. The van der Waals surface area contributed by atoms with Crippen LogP contribution in [0.3, 0.4) is 0 Å². The summed E-state index contributed by atoms with van der Waals surface area (Å²) in [5.74, 6) is -0.104. The molecule has 26 heavy (non-hydrogen) atoms. The molecule has 2 aromatic rings. The van der Waals surface area contributed by atoms with Crippen molar-refractivity contribution in [1.29, 1.82) is 0 Å². The topological polar surface area (TPSA) is 66.7 Å². The third kappa shape index (κ3) is 3.78. The first-order valence-corrected chi connectivity index (χ1v) is 9.72. The lowest BCUT2D eigenvalue weighted by molar-refractivity contribution is -0.384. The molecule has 136 valence electrons. The second kappa shape index (κ2) is 7.97. The molecule has 0 aromatic heterocycles. The molecule has 1 aliphatic heterocycles. The smallest absolute Gasteiger partial charge is 0.292 e. The van der Waals surface area contributed by atoms with E-state index >= 15 is 0 Å². The number of piperazine rings is 1. The Kier molecular flexibility index (Phi) is 5.68. The second-order valence-electron chi connectivity index (χ2n) is 5.87. The van der Waals surface area contributed by atoms with E-state index in [4.69, 9.17) is 11.6 Å². The summed E-state index contributed by atoms with van der Waals surface area (Å²) in [5.41, 5.74) is 1.17. The zero-order valence-electron chi connectivity index (χ0n) is 14.2. The van der Waals surface area contributed by atoms with Crippen LogP contribution in [0.25, 0.3) is 0 Å². The van der Waals surface area contributed by atoms with E-state index in [0.29, 0.717) is 42.5 Å². The Balaban J connectivity index is 1.73. The Morgan fingerprint density at radius 3 is 2.50 bits per heavy atom. The van der Waals surface area contributed by atoms with Crippen molar-refractivity contribution in [2.45, 2.75) is 4.90 Å². The van der Waals surface area contributed by atoms with Crippen molar-refractivity contribution in [3.8, 4) is 0 Å². The van der Waals surface area contributed by atoms with E-state index in [1.165, 1.54) is 6.07 Å². The summed E-state index contributed by atoms with van der Waals surface area (Å²) in [4.78, 5) is 28.3. The number of carbonyl (C=O) groups is 1. The van der Waals surface area contributed by atoms with Crippen molar-refractivity contribution in [3.05, 3.63) is 63.2 Å². The second-order valence-corrected chi connectivity index (χ2v) is 7.16. The lowest BCUT2D eigenvalue weighted by Gasteiger charge is -2.36. The van der Waals surface area contributed by atoms with Gasteiger partial charge in [0.1, 0.15) is 5.69 Å². The molecule has 2 aromatic carbocycles. The zero-order valence-corrected chi connectivity index (χ0v) is 15.8. The highest BCUT2D eigenvalue weighted by atomic mass is 35.5. The number of halogens is 1. The molecular weight excluding hydrogens is 374 g/mol. The molecule has 0 N–H and O–H groups in total. The SMILES string of the molecule is CSc1ccc(Cl)c(C(=O)N2CCN(c3ccccc3[N+](=O)[O-])CC2)c1. The first-order valence-electron chi connectivity index (χ1n) is 8.12. The molecule has 0 aliphatic carbocycles. The Hall–Kier alpha value is -2.25. The van der Waals surface area contributed by atoms with Gasteiger partial charge in [-0.2, -0.15) is 0 Å². The largest absolute Gasteiger partial charge is 0.362 e. The summed E-state index contributed by atoms with van der Waals surface area (Å²) in [5, 5.41) is 11.7. The standard InChI is InChI=1S/C18H18ClN3O3S/c1-26-13-6-7-15(19)14(12-13)18(23)21-10-8-20(9-11-21)16-4-2-3-5-17(16)22(24)25/h2-7,12H,8-11H2,1H3. The minimum atomic E-state index is -0.374. The van der Waals surface area contributed by atoms with Gasteiger partial charge in [0.15, 0.2) is 0 Å². The van der Waals surface area contributed by atoms with E-state index in [1.54, 1.807) is 40.9 Å². The Bertz CT molecular complexity index is 838. The number of hydrogen-bond donors (Lipinski definition) is 0. The summed E-state index contributed by atoms with van der Waals surface area (Å²) in [6.45, 7) is 2.06. The van der Waals surface area contributed by atoms with Crippen LogP contribution < -0.4 is 4.90 Å². The number of para-hydroxylation sites is 2. The molecule has 6 nitrogen and oxygen atoms in total. The number of thioether (sulfide) groups is 1. The molecule has 0 unspecified atom stereocenters. The van der Waals surface area contributed by atoms with E-state index in [9.17, 15) is 14.9 Å². The molecule has 0 atom stereocenters. The van der Waals surface area contributed by atoms with E-state index in [1.807, 2.05) is 23.3 Å². The van der Waals surface area contributed by atoms with Gasteiger partial charge in [-0.25, -0.2) is 0 Å². The highest BCUT2D eigenvalue weighted by Crippen LogP contribution is 2.29. The predicted molar refractivity (Wildman–Crippen MR) is 104 cm³/mol. The molecule has 0 radical (unpaired) electrons. The van der Waals surface area contributed by atoms with Crippen LogP contribution in [0.2, 0.25) is 5.02 Å². The Morgan fingerprint density at radius 1 is 1.15 bits per heavy atom. The van der Waals surface area contributed by atoms with Crippen LogP contribution in [0.5, 0.6) is 0 Å². The van der Waals surface area contributed by atoms with Crippen LogP contribution in [-0.4, -0.2) is 48.2 Å². The number of anilines is 1. The van der Waals surface area contributed by atoms with E-state index < -0.39 is 0 Å². The van der Waals surface area contributed by atoms with Gasteiger partial charge in [-0.1, -0.05) is 23.7 Å². The fourth-order valence-electron chi connectivity index (χ4n) is 3.00. The van der Waals surface area contributed by atoms with Gasteiger partial charge in [0.05, 0.1) is 15.5 Å². The quantitative estimate of drug-likeness (QED) is 0.448. The summed E-state index contributed by atoms with van der Waals surface area (Å²) >= 11 is 7.76. The van der Waals surface area contributed by atoms with Crippen LogP contribution in [0.4, 0.5) is 11.4 Å². The maximum absolute atomic E-state index is 12.8. The van der Waals surface area contributed by atoms with Gasteiger partial charge in [0, 0.05) is 37.1 Å². The molecule has 0 saturated carbocycles. The van der Waals surface area contributed by atoms with E-state index in [-0.39, 0.29) is 16.5 Å². The van der Waals surface area contributed by atoms with Crippen LogP contribution >= 0.6 is 23.4 Å². The lowest BCUT2D eigenvalue weighted by atomic mass is 10.1. The van der Waals surface area contributed by atoms with Crippen molar-refractivity contribution in [3.63, 3.8) is 0 Å². The van der Waals surface area contributed by atoms with Gasteiger partial charge >= 0.3 is 0 Å². The summed E-state index contributed by atoms with van der Waals surface area (Å²) in [6, 6.07) is 12.1. The molecule has 1 fully saturated rings. The number of rotatable bonds is 4. The van der Waals surface area contributed by atoms with Crippen LogP contribution in [0.15, 0.2) is 47.4 Å². The number of nitro groups is 1. The maximum atomic E-state index is 12.8. The van der Waals surface area contributed by atoms with Crippen molar-refractivity contribution < 1.29 is 9.72 Å². The van der Waals surface area contributed by atoms with Crippen LogP contribution in [0, 0.1) is 10.1 Å². The molecule has 1 aliphatic rings. The predicted octanol–water partition coefficient (Wildman–Crippen LogP) is 3.93. The minimum absolute atomic E-state index is 0.0861. The van der Waals surface area contributed by atoms with Crippen molar-refractivity contribution in [2.75, 3.05) is 37.3 Å². The molecule has 0 bridgehead atoms. The molecule has 1 saturated heterocycles. The monoisotopic (exact) mass is 391 g/mol. The fourth-order valence-corrected chi connectivity index (χ4v) is 3.64. The molecule has 1 heterocycles. The average molecular weight is 392 g/mol. The third-order valence-corrected chi connectivity index (χ3v) is 5.44. The van der Waals surface area contributed by atoms with Gasteiger partial charge in [0.2, 0.25) is 0 Å². The van der Waals surface area contributed by atoms with Gasteiger partial charge in [-0.3, -0.25) is 14.9 Å². The van der Waals surface area contributed by atoms with Crippen LogP contribution in [-0.2, 0) is 0 Å². The number of nitrogens with zero attached hydrogens (tertiary/aromatic N) is 3. The fraction of sp³-hybridized carbons (Fsp3) is 0.278. The first kappa shape index (κ1) is 18.5. The minimum Gasteiger partial charge on any atom is -0.362 e. The first-order chi connectivity index (χ1) is 12.5. The Labute approximate surface area is 160 Å². The van der Waals surface area contributed by atoms with Crippen molar-refractivity contribution >= 4 is 40.6 Å². The number of amides is 1. The molecular formula is C18H18ClN3O3S. The van der Waals surface area contributed by atoms with Gasteiger partial charge in [-0.05, 0) is 30.5 Å². The van der Waals surface area contributed by atoms with E-state index in [2.05, 4.69) is 0 Å². The molecule has 1 amide bonds. The lowest BCUT2D eigenvalue weighted by Crippen LogP contribution is -2.49. The molecule has 3 rings (SSSR count). The van der Waals surface area contributed by atoms with Crippen LogP contribution in [0.1, 0.15) is 10.4 Å². The third-order valence-electron chi connectivity index (χ3n) is 4.39. The zero-order chi connectivity index (χ0) is 18.7. The summed E-state index contributed by atoms with van der Waals surface area (Å²) in [7, 11) is 0. The summed E-state index contributed by atoms with van der Waals surface area (Å²) in [6.07, 6.45) is 1.95. The van der Waals surface area contributed by atoms with Crippen molar-refractivity contribution in [2.24, 2.45) is 0 Å². The van der Waals surface area contributed by atoms with E-state index in [0.717, 1.165) is 4.90 Å². The highest BCUT2D eigenvalue weighted by Gasteiger charge is 2.27.